The predicted molar refractivity (Wildman–Crippen MR) is 64.8 cm³/mol. The number of nitrogens with zero attached hydrogens (tertiary/aromatic N) is 2. The molecule has 0 saturated carbocycles. The van der Waals surface area contributed by atoms with Gasteiger partial charge in [0.1, 0.15) is 5.82 Å². The average Bonchev–Trinajstić information content (AvgIpc) is 2.37. The van der Waals surface area contributed by atoms with Gasteiger partial charge < -0.3 is 15.7 Å². The zero-order valence-electron chi connectivity index (χ0n) is 10.5. The van der Waals surface area contributed by atoms with E-state index in [-0.39, 0.29) is 25.3 Å². The standard InChI is InChI=1S/C12H14F3N3O2/c13-12(14,15)8-3-1-5-17-9(8)18-6-2-4-11(20,7-18)10(16)19/h1,3,5,20H,2,4,6-7H2,(H2,16,19)/t11-/m0/s1. The lowest BCUT2D eigenvalue weighted by Crippen LogP contribution is -2.56. The average molecular weight is 289 g/mol. The Hall–Kier alpha value is -1.83. The number of carbonyl (C=O) groups excluding carboxylic acids is 1. The Morgan fingerprint density at radius 2 is 2.20 bits per heavy atom. The second-order valence-electron chi connectivity index (χ2n) is 4.79. The third kappa shape index (κ3) is 2.69. The van der Waals surface area contributed by atoms with Crippen LogP contribution in [0.1, 0.15) is 18.4 Å². The van der Waals surface area contributed by atoms with Gasteiger partial charge in [-0.25, -0.2) is 4.98 Å². The number of aromatic nitrogens is 1. The molecule has 0 aliphatic carbocycles. The van der Waals surface area contributed by atoms with Gasteiger partial charge in [0.05, 0.1) is 12.1 Å². The van der Waals surface area contributed by atoms with Crippen LogP contribution >= 0.6 is 0 Å². The molecule has 0 aromatic carbocycles. The minimum atomic E-state index is -4.55. The Bertz CT molecular complexity index is 521. The van der Waals surface area contributed by atoms with Crippen LogP contribution in [-0.4, -0.2) is 34.7 Å². The van der Waals surface area contributed by atoms with Crippen molar-refractivity contribution in [1.29, 1.82) is 0 Å². The molecule has 1 amide bonds. The molecule has 2 heterocycles. The van der Waals surface area contributed by atoms with Crippen LogP contribution in [0.3, 0.4) is 0 Å². The highest BCUT2D eigenvalue weighted by Gasteiger charge is 2.42. The smallest absolute Gasteiger partial charge is 0.378 e. The molecule has 1 aliphatic rings. The second-order valence-corrected chi connectivity index (χ2v) is 4.79. The summed E-state index contributed by atoms with van der Waals surface area (Å²) in [5, 5.41) is 10.0. The highest BCUT2D eigenvalue weighted by Crippen LogP contribution is 2.36. The minimum absolute atomic E-state index is 0.132. The molecular formula is C12H14F3N3O2. The van der Waals surface area contributed by atoms with Gasteiger partial charge >= 0.3 is 6.18 Å². The molecule has 1 atom stereocenters. The molecule has 2 rings (SSSR count). The molecule has 8 heteroatoms. The lowest BCUT2D eigenvalue weighted by atomic mass is 9.92. The van der Waals surface area contributed by atoms with Crippen molar-refractivity contribution in [2.75, 3.05) is 18.0 Å². The summed E-state index contributed by atoms with van der Waals surface area (Å²) < 4.78 is 38.8. The van der Waals surface area contributed by atoms with E-state index < -0.39 is 23.2 Å². The fourth-order valence-electron chi connectivity index (χ4n) is 2.29. The number of alkyl halides is 3. The quantitative estimate of drug-likeness (QED) is 0.848. The third-order valence-electron chi connectivity index (χ3n) is 3.32. The zero-order valence-corrected chi connectivity index (χ0v) is 10.5. The summed E-state index contributed by atoms with van der Waals surface area (Å²) in [6, 6.07) is 2.11. The number of nitrogens with two attached hydrogens (primary N) is 1. The number of β-amino-alcohol motifs (C(OH)–C–C–N with tert-alkyl or cyclic N) is 1. The van der Waals surface area contributed by atoms with Gasteiger partial charge in [-0.15, -0.1) is 0 Å². The third-order valence-corrected chi connectivity index (χ3v) is 3.32. The van der Waals surface area contributed by atoms with Gasteiger partial charge in [0.25, 0.3) is 5.91 Å². The fourth-order valence-corrected chi connectivity index (χ4v) is 2.29. The monoisotopic (exact) mass is 289 g/mol. The summed E-state index contributed by atoms with van der Waals surface area (Å²) in [5.74, 6) is -1.23. The molecule has 0 bridgehead atoms. The highest BCUT2D eigenvalue weighted by molar-refractivity contribution is 5.84. The second kappa shape index (κ2) is 4.93. The van der Waals surface area contributed by atoms with E-state index in [0.29, 0.717) is 6.42 Å². The Morgan fingerprint density at radius 1 is 1.50 bits per heavy atom. The molecule has 1 saturated heterocycles. The topological polar surface area (TPSA) is 79.5 Å². The number of pyridine rings is 1. The number of rotatable bonds is 2. The molecule has 0 radical (unpaired) electrons. The van der Waals surface area contributed by atoms with Crippen molar-refractivity contribution in [3.05, 3.63) is 23.9 Å². The number of hydrogen-bond donors (Lipinski definition) is 2. The van der Waals surface area contributed by atoms with Crippen LogP contribution in [0, 0.1) is 0 Å². The van der Waals surface area contributed by atoms with Gasteiger partial charge in [-0.05, 0) is 25.0 Å². The number of amides is 1. The molecule has 110 valence electrons. The van der Waals surface area contributed by atoms with E-state index in [0.717, 1.165) is 6.07 Å². The number of anilines is 1. The molecule has 3 N–H and O–H groups in total. The van der Waals surface area contributed by atoms with E-state index in [1.54, 1.807) is 0 Å². The van der Waals surface area contributed by atoms with E-state index in [1.165, 1.54) is 17.2 Å². The molecule has 1 fully saturated rings. The van der Waals surface area contributed by atoms with E-state index in [2.05, 4.69) is 4.98 Å². The Morgan fingerprint density at radius 3 is 2.80 bits per heavy atom. The number of primary amides is 1. The maximum atomic E-state index is 12.9. The van der Waals surface area contributed by atoms with Crippen molar-refractivity contribution >= 4 is 11.7 Å². The molecule has 1 aromatic rings. The predicted octanol–water partition coefficient (Wildman–Crippen LogP) is 0.917. The van der Waals surface area contributed by atoms with E-state index in [1.807, 2.05) is 0 Å². The molecule has 0 spiro atoms. The molecule has 1 aromatic heterocycles. The van der Waals surface area contributed by atoms with Crippen LogP contribution in [0.4, 0.5) is 19.0 Å². The van der Waals surface area contributed by atoms with Crippen LogP contribution in [-0.2, 0) is 11.0 Å². The maximum absolute atomic E-state index is 12.9. The van der Waals surface area contributed by atoms with Crippen molar-refractivity contribution in [2.24, 2.45) is 5.73 Å². The van der Waals surface area contributed by atoms with E-state index in [4.69, 9.17) is 5.73 Å². The van der Waals surface area contributed by atoms with Crippen molar-refractivity contribution in [3.8, 4) is 0 Å². The summed E-state index contributed by atoms with van der Waals surface area (Å²) in [4.78, 5) is 16.2. The van der Waals surface area contributed by atoms with Gasteiger partial charge in [-0.3, -0.25) is 4.79 Å². The van der Waals surface area contributed by atoms with E-state index in [9.17, 15) is 23.1 Å². The first-order valence-electron chi connectivity index (χ1n) is 6.03. The van der Waals surface area contributed by atoms with Crippen LogP contribution in [0.2, 0.25) is 0 Å². The number of piperidine rings is 1. The lowest BCUT2D eigenvalue weighted by Gasteiger charge is -2.38. The Kier molecular flexibility index (Phi) is 3.59. The van der Waals surface area contributed by atoms with Gasteiger partial charge in [0.15, 0.2) is 5.60 Å². The molecule has 20 heavy (non-hydrogen) atoms. The van der Waals surface area contributed by atoms with Gasteiger partial charge in [-0.1, -0.05) is 0 Å². The zero-order chi connectivity index (χ0) is 15.0. The number of halogens is 3. The Labute approximate surface area is 113 Å². The summed E-state index contributed by atoms with van der Waals surface area (Å²) in [5.41, 5.74) is 2.39. The van der Waals surface area contributed by atoms with Gasteiger partial charge in [-0.2, -0.15) is 13.2 Å². The molecular weight excluding hydrogens is 275 g/mol. The molecule has 1 aliphatic heterocycles. The minimum Gasteiger partial charge on any atom is -0.378 e. The summed E-state index contributed by atoms with van der Waals surface area (Å²) in [6.07, 6.45) is -2.82. The van der Waals surface area contributed by atoms with Crippen molar-refractivity contribution < 1.29 is 23.1 Å². The van der Waals surface area contributed by atoms with Crippen LogP contribution < -0.4 is 10.6 Å². The normalized spacial score (nSPS) is 23.7. The first-order chi connectivity index (χ1) is 9.24. The summed E-state index contributed by atoms with van der Waals surface area (Å²) in [6.45, 7) is -0.0158. The SMILES string of the molecule is NC(=O)[C@]1(O)CCCN(c2ncccc2C(F)(F)F)C1. The summed E-state index contributed by atoms with van der Waals surface area (Å²) >= 11 is 0. The van der Waals surface area contributed by atoms with Crippen molar-refractivity contribution in [3.63, 3.8) is 0 Å². The first-order valence-corrected chi connectivity index (χ1v) is 6.03. The van der Waals surface area contributed by atoms with Gasteiger partial charge in [0, 0.05) is 12.7 Å². The number of hydrogen-bond acceptors (Lipinski definition) is 4. The number of carbonyl (C=O) groups is 1. The van der Waals surface area contributed by atoms with Crippen molar-refractivity contribution in [1.82, 2.24) is 4.98 Å². The lowest BCUT2D eigenvalue weighted by molar-refractivity contribution is -0.138. The number of aliphatic hydroxyl groups is 1. The Balaban J connectivity index is 2.35. The summed E-state index contributed by atoms with van der Waals surface area (Å²) in [7, 11) is 0. The van der Waals surface area contributed by atoms with Gasteiger partial charge in [0.2, 0.25) is 0 Å². The van der Waals surface area contributed by atoms with Crippen molar-refractivity contribution in [2.45, 2.75) is 24.6 Å². The molecule has 0 unspecified atom stereocenters. The van der Waals surface area contributed by atoms with Crippen LogP contribution in [0.25, 0.3) is 0 Å². The first kappa shape index (κ1) is 14.6. The van der Waals surface area contributed by atoms with Crippen LogP contribution in [0.5, 0.6) is 0 Å². The van der Waals surface area contributed by atoms with E-state index >= 15 is 0 Å². The van der Waals surface area contributed by atoms with Crippen LogP contribution in [0.15, 0.2) is 18.3 Å². The highest BCUT2D eigenvalue weighted by atomic mass is 19.4. The fraction of sp³-hybridized carbons (Fsp3) is 0.500. The maximum Gasteiger partial charge on any atom is 0.419 e. The largest absolute Gasteiger partial charge is 0.419 e. The molecule has 5 nitrogen and oxygen atoms in total.